The van der Waals surface area contributed by atoms with E-state index in [1.54, 1.807) is 30.3 Å². The van der Waals surface area contributed by atoms with Gasteiger partial charge in [0, 0.05) is 24.9 Å². The standard InChI is InChI=1S/C26H28N4O3/c27-17-18-28-25(31)16-13-22(19-20-7-3-1-4-8-20)30-26(32)29-21-11-14-24(15-12-21)33-23-9-5-2-6-10-23/h1-16,22H,17-19,27H2,(H,28,31)(H2,29,30,32). The highest BCUT2D eigenvalue weighted by atomic mass is 16.5. The van der Waals surface area contributed by atoms with Gasteiger partial charge in [0.1, 0.15) is 11.5 Å². The Morgan fingerprint density at radius 1 is 0.879 bits per heavy atom. The molecule has 0 bridgehead atoms. The first-order chi connectivity index (χ1) is 16.1. The largest absolute Gasteiger partial charge is 0.457 e. The third-order valence-electron chi connectivity index (χ3n) is 4.63. The molecule has 170 valence electrons. The van der Waals surface area contributed by atoms with Gasteiger partial charge in [0.2, 0.25) is 5.91 Å². The first-order valence-electron chi connectivity index (χ1n) is 10.7. The van der Waals surface area contributed by atoms with Crippen LogP contribution in [0.1, 0.15) is 5.56 Å². The van der Waals surface area contributed by atoms with Gasteiger partial charge in [-0.25, -0.2) is 4.79 Å². The first-order valence-corrected chi connectivity index (χ1v) is 10.7. The van der Waals surface area contributed by atoms with Gasteiger partial charge in [0.25, 0.3) is 0 Å². The van der Waals surface area contributed by atoms with Crippen LogP contribution in [0.3, 0.4) is 0 Å². The predicted molar refractivity (Wildman–Crippen MR) is 130 cm³/mol. The Morgan fingerprint density at radius 3 is 2.18 bits per heavy atom. The molecule has 0 aromatic heterocycles. The van der Waals surface area contributed by atoms with Gasteiger partial charge < -0.3 is 26.4 Å². The monoisotopic (exact) mass is 444 g/mol. The number of carbonyl (C=O) groups excluding carboxylic acids is 2. The van der Waals surface area contributed by atoms with Crippen LogP contribution >= 0.6 is 0 Å². The second-order valence-electron chi connectivity index (χ2n) is 7.27. The number of anilines is 1. The fourth-order valence-electron chi connectivity index (χ4n) is 3.06. The number of amides is 3. The van der Waals surface area contributed by atoms with Crippen molar-refractivity contribution >= 4 is 17.6 Å². The van der Waals surface area contributed by atoms with Crippen molar-refractivity contribution in [2.24, 2.45) is 5.73 Å². The van der Waals surface area contributed by atoms with Crippen molar-refractivity contribution in [1.82, 2.24) is 10.6 Å². The van der Waals surface area contributed by atoms with Crippen molar-refractivity contribution in [3.8, 4) is 11.5 Å². The zero-order valence-corrected chi connectivity index (χ0v) is 18.2. The van der Waals surface area contributed by atoms with Gasteiger partial charge in [0.05, 0.1) is 6.04 Å². The zero-order valence-electron chi connectivity index (χ0n) is 18.2. The quantitative estimate of drug-likeness (QED) is 0.357. The number of nitrogens with one attached hydrogen (secondary N) is 3. The Bertz CT molecular complexity index is 1040. The van der Waals surface area contributed by atoms with Gasteiger partial charge in [-0.15, -0.1) is 0 Å². The second-order valence-corrected chi connectivity index (χ2v) is 7.27. The number of para-hydroxylation sites is 1. The van der Waals surface area contributed by atoms with Crippen molar-refractivity contribution < 1.29 is 14.3 Å². The van der Waals surface area contributed by atoms with Crippen molar-refractivity contribution in [3.63, 3.8) is 0 Å². The van der Waals surface area contributed by atoms with Crippen LogP contribution in [-0.2, 0) is 11.2 Å². The van der Waals surface area contributed by atoms with Crippen LogP contribution in [0.5, 0.6) is 11.5 Å². The molecule has 1 unspecified atom stereocenters. The Morgan fingerprint density at radius 2 is 1.52 bits per heavy atom. The minimum absolute atomic E-state index is 0.255. The summed E-state index contributed by atoms with van der Waals surface area (Å²) in [7, 11) is 0. The first kappa shape index (κ1) is 23.6. The number of nitrogens with two attached hydrogens (primary N) is 1. The van der Waals surface area contributed by atoms with E-state index in [0.717, 1.165) is 11.3 Å². The molecular weight excluding hydrogens is 416 g/mol. The molecule has 7 nitrogen and oxygen atoms in total. The van der Waals surface area contributed by atoms with Crippen molar-refractivity contribution in [2.75, 3.05) is 18.4 Å². The smallest absolute Gasteiger partial charge is 0.319 e. The number of hydrogen-bond donors (Lipinski definition) is 4. The lowest BCUT2D eigenvalue weighted by atomic mass is 10.1. The average Bonchev–Trinajstić information content (AvgIpc) is 2.84. The fraction of sp³-hybridized carbons (Fsp3) is 0.154. The summed E-state index contributed by atoms with van der Waals surface area (Å²) in [4.78, 5) is 24.5. The van der Waals surface area contributed by atoms with Crippen LogP contribution in [0.2, 0.25) is 0 Å². The van der Waals surface area contributed by atoms with Crippen LogP contribution in [-0.4, -0.2) is 31.1 Å². The molecule has 0 spiro atoms. The lowest BCUT2D eigenvalue weighted by Gasteiger charge is -2.16. The molecule has 3 aromatic carbocycles. The van der Waals surface area contributed by atoms with Crippen LogP contribution in [0.25, 0.3) is 0 Å². The molecule has 0 radical (unpaired) electrons. The highest BCUT2D eigenvalue weighted by Gasteiger charge is 2.11. The lowest BCUT2D eigenvalue weighted by Crippen LogP contribution is -2.38. The van der Waals surface area contributed by atoms with E-state index in [1.807, 2.05) is 60.7 Å². The van der Waals surface area contributed by atoms with E-state index in [1.165, 1.54) is 6.08 Å². The van der Waals surface area contributed by atoms with Crippen LogP contribution in [0.15, 0.2) is 97.1 Å². The number of rotatable bonds is 10. The van der Waals surface area contributed by atoms with Gasteiger partial charge in [-0.2, -0.15) is 0 Å². The van der Waals surface area contributed by atoms with Gasteiger partial charge in [-0.3, -0.25) is 4.79 Å². The van der Waals surface area contributed by atoms with E-state index < -0.39 is 0 Å². The molecular formula is C26H28N4O3. The summed E-state index contributed by atoms with van der Waals surface area (Å²) in [6, 6.07) is 25.6. The second kappa shape index (κ2) is 12.7. The molecule has 3 aromatic rings. The molecule has 0 saturated heterocycles. The van der Waals surface area contributed by atoms with E-state index in [0.29, 0.717) is 30.9 Å². The number of hydrogen-bond acceptors (Lipinski definition) is 4. The van der Waals surface area contributed by atoms with Crippen molar-refractivity contribution in [3.05, 3.63) is 103 Å². The maximum atomic E-state index is 12.6. The number of urea groups is 1. The summed E-state index contributed by atoms with van der Waals surface area (Å²) in [6.45, 7) is 0.757. The topological polar surface area (TPSA) is 105 Å². The normalized spacial score (nSPS) is 11.5. The molecule has 33 heavy (non-hydrogen) atoms. The number of benzene rings is 3. The number of carbonyl (C=O) groups is 2. The molecule has 7 heteroatoms. The Kier molecular flexibility index (Phi) is 9.05. The Labute approximate surface area is 193 Å². The van der Waals surface area contributed by atoms with E-state index in [2.05, 4.69) is 16.0 Å². The van der Waals surface area contributed by atoms with Crippen LogP contribution in [0.4, 0.5) is 10.5 Å². The third kappa shape index (κ3) is 8.51. The predicted octanol–water partition coefficient (Wildman–Crippen LogP) is 3.84. The number of ether oxygens (including phenoxy) is 1. The Balaban J connectivity index is 1.59. The SMILES string of the molecule is NCCNC(=O)C=CC(Cc1ccccc1)NC(=O)Nc1ccc(Oc2ccccc2)cc1. The zero-order chi connectivity index (χ0) is 23.3. The molecule has 5 N–H and O–H groups in total. The van der Waals surface area contributed by atoms with Gasteiger partial charge in [-0.1, -0.05) is 54.6 Å². The van der Waals surface area contributed by atoms with Gasteiger partial charge >= 0.3 is 6.03 Å². The van der Waals surface area contributed by atoms with Gasteiger partial charge in [0.15, 0.2) is 0 Å². The maximum Gasteiger partial charge on any atom is 0.319 e. The van der Waals surface area contributed by atoms with E-state index >= 15 is 0 Å². The van der Waals surface area contributed by atoms with Crippen LogP contribution in [0, 0.1) is 0 Å². The highest BCUT2D eigenvalue weighted by Crippen LogP contribution is 2.22. The molecule has 0 aliphatic carbocycles. The molecule has 0 fully saturated rings. The van der Waals surface area contributed by atoms with Crippen molar-refractivity contribution in [1.29, 1.82) is 0 Å². The van der Waals surface area contributed by atoms with E-state index in [4.69, 9.17) is 10.5 Å². The summed E-state index contributed by atoms with van der Waals surface area (Å²) in [6.07, 6.45) is 3.63. The van der Waals surface area contributed by atoms with Crippen LogP contribution < -0.4 is 26.4 Å². The lowest BCUT2D eigenvalue weighted by molar-refractivity contribution is -0.116. The molecule has 0 aliphatic heterocycles. The van der Waals surface area contributed by atoms with E-state index in [9.17, 15) is 9.59 Å². The van der Waals surface area contributed by atoms with E-state index in [-0.39, 0.29) is 18.0 Å². The highest BCUT2D eigenvalue weighted by molar-refractivity contribution is 5.90. The molecule has 0 saturated carbocycles. The average molecular weight is 445 g/mol. The minimum atomic E-state index is -0.378. The molecule has 1 atom stereocenters. The molecule has 0 heterocycles. The summed E-state index contributed by atoms with van der Waals surface area (Å²) in [5.41, 5.74) is 7.07. The summed E-state index contributed by atoms with van der Waals surface area (Å²) >= 11 is 0. The van der Waals surface area contributed by atoms with Gasteiger partial charge in [-0.05, 0) is 48.4 Å². The summed E-state index contributed by atoms with van der Waals surface area (Å²) < 4.78 is 5.77. The van der Waals surface area contributed by atoms with Crippen molar-refractivity contribution in [2.45, 2.75) is 12.5 Å². The molecule has 0 aliphatic rings. The summed E-state index contributed by atoms with van der Waals surface area (Å²) in [5, 5.41) is 8.40. The minimum Gasteiger partial charge on any atom is -0.457 e. The third-order valence-corrected chi connectivity index (χ3v) is 4.63. The Hall–Kier alpha value is -4.10. The molecule has 3 rings (SSSR count). The maximum absolute atomic E-state index is 12.6. The summed E-state index contributed by atoms with van der Waals surface area (Å²) in [5.74, 6) is 1.15. The molecule has 3 amide bonds. The fourth-order valence-corrected chi connectivity index (χ4v) is 3.06.